The number of hydrogen-bond donors (Lipinski definition) is 0. The molecule has 1 saturated heterocycles. The van der Waals surface area contributed by atoms with E-state index < -0.39 is 11.7 Å². The van der Waals surface area contributed by atoms with Crippen LogP contribution in [0.2, 0.25) is 0 Å². The number of rotatable bonds is 4. The van der Waals surface area contributed by atoms with Gasteiger partial charge in [-0.2, -0.15) is 13.2 Å². The Morgan fingerprint density at radius 3 is 2.38 bits per heavy atom. The molecule has 6 nitrogen and oxygen atoms in total. The fraction of sp³-hybridized carbons (Fsp3) is 0.357. The van der Waals surface area contributed by atoms with Crippen LogP contribution in [0.3, 0.4) is 0 Å². The Morgan fingerprint density at radius 1 is 1.00 bits per heavy atom. The number of benzene rings is 2. The molecule has 0 bridgehead atoms. The van der Waals surface area contributed by atoms with Crippen LogP contribution in [0.4, 0.5) is 18.9 Å². The molecule has 37 heavy (non-hydrogen) atoms. The molecule has 2 aromatic heterocycles. The van der Waals surface area contributed by atoms with Crippen LogP contribution >= 0.6 is 0 Å². The van der Waals surface area contributed by atoms with Gasteiger partial charge in [0.2, 0.25) is 0 Å². The fourth-order valence-electron chi connectivity index (χ4n) is 5.24. The molecular formula is C28H29F3N4O2. The highest BCUT2D eigenvalue weighted by Gasteiger charge is 2.32. The van der Waals surface area contributed by atoms with Gasteiger partial charge in [-0.25, -0.2) is 0 Å². The van der Waals surface area contributed by atoms with E-state index in [1.54, 1.807) is 21.7 Å². The number of halogens is 3. The standard InChI is InChI=1S/C28H29F3N4O2/c1-18(2)16-35-17-22(24-21-9-4-5-10-23(21)32(3)25(24)27(35)37)26(36)34-13-11-33(12-14-34)20-8-6-7-19(15-20)28(29,30)31/h4-10,15,17-18H,11-14,16H2,1-3H3. The number of anilines is 1. The van der Waals surface area contributed by atoms with E-state index >= 15 is 0 Å². The Labute approximate surface area is 212 Å². The zero-order valence-electron chi connectivity index (χ0n) is 21.0. The van der Waals surface area contributed by atoms with E-state index in [2.05, 4.69) is 0 Å². The summed E-state index contributed by atoms with van der Waals surface area (Å²) in [4.78, 5) is 30.9. The molecular weight excluding hydrogens is 481 g/mol. The smallest absolute Gasteiger partial charge is 0.368 e. The van der Waals surface area contributed by atoms with E-state index in [1.807, 2.05) is 54.6 Å². The maximum atomic E-state index is 13.9. The quantitative estimate of drug-likeness (QED) is 0.383. The first kappa shape index (κ1) is 24.9. The van der Waals surface area contributed by atoms with E-state index in [9.17, 15) is 22.8 Å². The maximum Gasteiger partial charge on any atom is 0.416 e. The molecule has 0 radical (unpaired) electrons. The summed E-state index contributed by atoms with van der Waals surface area (Å²) >= 11 is 0. The number of para-hydroxylation sites is 1. The summed E-state index contributed by atoms with van der Waals surface area (Å²) in [6, 6.07) is 12.9. The van der Waals surface area contributed by atoms with Gasteiger partial charge in [-0.05, 0) is 30.2 Å². The van der Waals surface area contributed by atoms with Crippen molar-refractivity contribution in [2.75, 3.05) is 31.1 Å². The Hall–Kier alpha value is -3.75. The number of pyridine rings is 1. The molecule has 1 aliphatic rings. The number of nitrogens with zero attached hydrogens (tertiary/aromatic N) is 4. The molecule has 0 aliphatic carbocycles. The Bertz CT molecular complexity index is 1540. The molecule has 0 saturated carbocycles. The highest BCUT2D eigenvalue weighted by atomic mass is 19.4. The molecule has 0 N–H and O–H groups in total. The lowest BCUT2D eigenvalue weighted by molar-refractivity contribution is -0.137. The summed E-state index contributed by atoms with van der Waals surface area (Å²) in [5.74, 6) is 0.0337. The van der Waals surface area contributed by atoms with Crippen molar-refractivity contribution in [2.45, 2.75) is 26.6 Å². The monoisotopic (exact) mass is 510 g/mol. The molecule has 9 heteroatoms. The second kappa shape index (κ2) is 9.28. The SMILES string of the molecule is CC(C)Cn1cc(C(=O)N2CCN(c3cccc(C(F)(F)F)c3)CC2)c2c3ccccc3n(C)c2c1=O. The molecule has 0 atom stereocenters. The lowest BCUT2D eigenvalue weighted by Gasteiger charge is -2.36. The summed E-state index contributed by atoms with van der Waals surface area (Å²) in [5, 5.41) is 1.49. The van der Waals surface area contributed by atoms with Gasteiger partial charge in [0, 0.05) is 67.9 Å². The highest BCUT2D eigenvalue weighted by molar-refractivity contribution is 6.17. The van der Waals surface area contributed by atoms with Crippen molar-refractivity contribution in [3.8, 4) is 0 Å². The van der Waals surface area contributed by atoms with Crippen LogP contribution in [0.1, 0.15) is 29.8 Å². The predicted octanol–water partition coefficient (Wildman–Crippen LogP) is 5.13. The molecule has 3 heterocycles. The summed E-state index contributed by atoms with van der Waals surface area (Å²) in [6.45, 7) is 6.09. The molecule has 1 fully saturated rings. The van der Waals surface area contributed by atoms with Crippen molar-refractivity contribution in [3.63, 3.8) is 0 Å². The molecule has 0 unspecified atom stereocenters. The number of hydrogen-bond acceptors (Lipinski definition) is 3. The minimum Gasteiger partial charge on any atom is -0.368 e. The van der Waals surface area contributed by atoms with E-state index in [1.165, 1.54) is 6.07 Å². The number of carbonyl (C=O) groups is 1. The van der Waals surface area contributed by atoms with Crippen LogP contribution in [-0.2, 0) is 19.8 Å². The first-order valence-electron chi connectivity index (χ1n) is 12.4. The van der Waals surface area contributed by atoms with Crippen molar-refractivity contribution in [1.29, 1.82) is 0 Å². The molecule has 4 aromatic rings. The van der Waals surface area contributed by atoms with Crippen LogP contribution in [-0.4, -0.2) is 46.1 Å². The highest BCUT2D eigenvalue weighted by Crippen LogP contribution is 2.33. The lowest BCUT2D eigenvalue weighted by Crippen LogP contribution is -2.49. The largest absolute Gasteiger partial charge is 0.416 e. The van der Waals surface area contributed by atoms with E-state index in [0.29, 0.717) is 54.9 Å². The summed E-state index contributed by atoms with van der Waals surface area (Å²) in [7, 11) is 1.84. The number of amides is 1. The van der Waals surface area contributed by atoms with Crippen LogP contribution in [0.5, 0.6) is 0 Å². The fourth-order valence-corrected chi connectivity index (χ4v) is 5.24. The number of fused-ring (bicyclic) bond motifs is 3. The minimum atomic E-state index is -4.41. The number of piperazine rings is 1. The average molecular weight is 511 g/mol. The molecule has 194 valence electrons. The second-order valence-corrected chi connectivity index (χ2v) is 10.0. The van der Waals surface area contributed by atoms with Crippen molar-refractivity contribution in [2.24, 2.45) is 13.0 Å². The third-order valence-corrected chi connectivity index (χ3v) is 7.02. The Kier molecular flexibility index (Phi) is 6.25. The summed E-state index contributed by atoms with van der Waals surface area (Å²) < 4.78 is 43.0. The van der Waals surface area contributed by atoms with Crippen LogP contribution in [0.25, 0.3) is 21.8 Å². The number of aromatic nitrogens is 2. The molecule has 5 rings (SSSR count). The van der Waals surface area contributed by atoms with Crippen LogP contribution < -0.4 is 10.5 Å². The first-order chi connectivity index (χ1) is 17.6. The second-order valence-electron chi connectivity index (χ2n) is 10.0. The maximum absolute atomic E-state index is 13.9. The zero-order valence-corrected chi connectivity index (χ0v) is 21.0. The van der Waals surface area contributed by atoms with Gasteiger partial charge in [0.1, 0.15) is 5.52 Å². The molecule has 1 amide bonds. The van der Waals surface area contributed by atoms with Gasteiger partial charge in [0.15, 0.2) is 0 Å². The summed E-state index contributed by atoms with van der Waals surface area (Å²) in [5.41, 5.74) is 1.52. The van der Waals surface area contributed by atoms with Gasteiger partial charge in [-0.3, -0.25) is 9.59 Å². The lowest BCUT2D eigenvalue weighted by atomic mass is 10.1. The average Bonchev–Trinajstić information content (AvgIpc) is 3.18. The molecule has 1 aliphatic heterocycles. The predicted molar refractivity (Wildman–Crippen MR) is 139 cm³/mol. The Balaban J connectivity index is 1.50. The van der Waals surface area contributed by atoms with Gasteiger partial charge in [-0.15, -0.1) is 0 Å². The van der Waals surface area contributed by atoms with Crippen LogP contribution in [0.15, 0.2) is 59.5 Å². The Morgan fingerprint density at radius 2 is 1.70 bits per heavy atom. The summed E-state index contributed by atoms with van der Waals surface area (Å²) in [6.07, 6.45) is -2.73. The van der Waals surface area contributed by atoms with Gasteiger partial charge >= 0.3 is 6.18 Å². The van der Waals surface area contributed by atoms with Crippen molar-refractivity contribution >= 4 is 33.4 Å². The van der Waals surface area contributed by atoms with Gasteiger partial charge in [0.25, 0.3) is 11.5 Å². The van der Waals surface area contributed by atoms with Gasteiger partial charge < -0.3 is 18.9 Å². The number of alkyl halides is 3. The van der Waals surface area contributed by atoms with E-state index in [0.717, 1.165) is 23.0 Å². The van der Waals surface area contributed by atoms with Gasteiger partial charge in [0.05, 0.1) is 11.1 Å². The third kappa shape index (κ3) is 4.47. The topological polar surface area (TPSA) is 50.5 Å². The van der Waals surface area contributed by atoms with Crippen molar-refractivity contribution in [3.05, 3.63) is 76.2 Å². The number of carbonyl (C=O) groups excluding carboxylic acids is 1. The van der Waals surface area contributed by atoms with Crippen molar-refractivity contribution < 1.29 is 18.0 Å². The molecule has 2 aromatic carbocycles. The normalized spacial score (nSPS) is 14.8. The van der Waals surface area contributed by atoms with Crippen molar-refractivity contribution in [1.82, 2.24) is 14.0 Å². The zero-order chi connectivity index (χ0) is 26.5. The van der Waals surface area contributed by atoms with Gasteiger partial charge in [-0.1, -0.05) is 38.1 Å². The number of aryl methyl sites for hydroxylation is 1. The van der Waals surface area contributed by atoms with E-state index in [-0.39, 0.29) is 17.4 Å². The molecule has 0 spiro atoms. The van der Waals surface area contributed by atoms with Crippen LogP contribution in [0, 0.1) is 5.92 Å². The first-order valence-corrected chi connectivity index (χ1v) is 12.4. The van der Waals surface area contributed by atoms with E-state index in [4.69, 9.17) is 0 Å². The third-order valence-electron chi connectivity index (χ3n) is 7.02. The minimum absolute atomic E-state index is 0.131.